The van der Waals surface area contributed by atoms with Gasteiger partial charge >= 0.3 is 5.97 Å². The van der Waals surface area contributed by atoms with Crippen LogP contribution in [-0.2, 0) is 6.42 Å². The lowest BCUT2D eigenvalue weighted by Crippen LogP contribution is -2.31. The van der Waals surface area contributed by atoms with Gasteiger partial charge in [0.2, 0.25) is 0 Å². The Labute approximate surface area is 108 Å². The van der Waals surface area contributed by atoms with Crippen molar-refractivity contribution >= 4 is 11.8 Å². The van der Waals surface area contributed by atoms with E-state index < -0.39 is 5.97 Å². The van der Waals surface area contributed by atoms with Gasteiger partial charge in [0.05, 0.1) is 5.56 Å². The molecule has 0 amide bonds. The molecule has 1 fully saturated rings. The molecule has 1 N–H and O–H groups in total. The molecule has 1 unspecified atom stereocenters. The fourth-order valence-corrected chi connectivity index (χ4v) is 2.16. The van der Waals surface area contributed by atoms with Crippen LogP contribution in [0.5, 0.6) is 0 Å². The predicted octanol–water partition coefficient (Wildman–Crippen LogP) is 2.58. The van der Waals surface area contributed by atoms with Crippen molar-refractivity contribution in [1.82, 2.24) is 4.98 Å². The number of hydrogen-bond acceptors (Lipinski definition) is 3. The molecule has 1 atom stereocenters. The molecule has 1 aliphatic carbocycles. The first-order valence-electron chi connectivity index (χ1n) is 6.50. The van der Waals surface area contributed by atoms with Crippen LogP contribution in [0.3, 0.4) is 0 Å². The second kappa shape index (κ2) is 4.96. The normalized spacial score (nSPS) is 16.4. The van der Waals surface area contributed by atoms with E-state index >= 15 is 0 Å². The third-order valence-electron chi connectivity index (χ3n) is 3.75. The molecule has 0 spiro atoms. The topological polar surface area (TPSA) is 53.4 Å². The average molecular weight is 248 g/mol. The van der Waals surface area contributed by atoms with Crippen LogP contribution in [0.25, 0.3) is 0 Å². The zero-order valence-corrected chi connectivity index (χ0v) is 11.2. The van der Waals surface area contributed by atoms with E-state index in [2.05, 4.69) is 16.8 Å². The number of nitrogens with zero attached hydrogens (tertiary/aromatic N) is 2. The van der Waals surface area contributed by atoms with Gasteiger partial charge < -0.3 is 10.0 Å². The van der Waals surface area contributed by atoms with Gasteiger partial charge in [-0.1, -0.05) is 6.92 Å². The molecular formula is C14H20N2O2. The van der Waals surface area contributed by atoms with Gasteiger partial charge in [0.25, 0.3) is 0 Å². The zero-order chi connectivity index (χ0) is 13.3. The van der Waals surface area contributed by atoms with Gasteiger partial charge in [-0.3, -0.25) is 0 Å². The second-order valence-corrected chi connectivity index (χ2v) is 5.05. The minimum Gasteiger partial charge on any atom is -0.478 e. The Hall–Kier alpha value is -1.58. The molecule has 2 rings (SSSR count). The number of hydrogen-bond donors (Lipinski definition) is 1. The third-order valence-corrected chi connectivity index (χ3v) is 3.75. The highest BCUT2D eigenvalue weighted by Gasteiger charge is 2.31. The quantitative estimate of drug-likeness (QED) is 0.870. The van der Waals surface area contributed by atoms with E-state index in [9.17, 15) is 4.79 Å². The van der Waals surface area contributed by atoms with E-state index in [4.69, 9.17) is 5.11 Å². The standard InChI is InChI=1S/C14H20N2O2/c1-4-12-7-11(14(17)18)8-13(15-12)16(3)9(2)10-5-6-10/h7-10H,4-6H2,1-3H3,(H,17,18). The summed E-state index contributed by atoms with van der Waals surface area (Å²) >= 11 is 0. The Morgan fingerprint density at radius 1 is 1.56 bits per heavy atom. The van der Waals surface area contributed by atoms with Gasteiger partial charge in [-0.2, -0.15) is 0 Å². The van der Waals surface area contributed by atoms with E-state index in [0.29, 0.717) is 11.6 Å². The van der Waals surface area contributed by atoms with Crippen LogP contribution in [0.1, 0.15) is 42.7 Å². The number of carboxylic acid groups (broad SMARTS) is 1. The molecule has 0 bridgehead atoms. The highest BCUT2D eigenvalue weighted by atomic mass is 16.4. The van der Waals surface area contributed by atoms with Gasteiger partial charge in [0.15, 0.2) is 0 Å². The van der Waals surface area contributed by atoms with Gasteiger partial charge in [-0.05, 0) is 44.2 Å². The average Bonchev–Trinajstić information content (AvgIpc) is 3.20. The van der Waals surface area contributed by atoms with Gasteiger partial charge in [0.1, 0.15) is 5.82 Å². The molecule has 1 aromatic rings. The second-order valence-electron chi connectivity index (χ2n) is 5.05. The van der Waals surface area contributed by atoms with E-state index in [1.165, 1.54) is 12.8 Å². The Morgan fingerprint density at radius 3 is 2.72 bits per heavy atom. The van der Waals surface area contributed by atoms with Crippen LogP contribution < -0.4 is 4.90 Å². The van der Waals surface area contributed by atoms with Crippen LogP contribution in [0.2, 0.25) is 0 Å². The Morgan fingerprint density at radius 2 is 2.22 bits per heavy atom. The van der Waals surface area contributed by atoms with Gasteiger partial charge in [-0.25, -0.2) is 9.78 Å². The maximum absolute atomic E-state index is 11.1. The van der Waals surface area contributed by atoms with Crippen molar-refractivity contribution in [2.24, 2.45) is 5.92 Å². The first-order valence-corrected chi connectivity index (χ1v) is 6.50. The number of aromatic nitrogens is 1. The van der Waals surface area contributed by atoms with Crippen LogP contribution in [-0.4, -0.2) is 29.1 Å². The van der Waals surface area contributed by atoms with Crippen molar-refractivity contribution in [2.75, 3.05) is 11.9 Å². The lowest BCUT2D eigenvalue weighted by atomic mass is 10.1. The first kappa shape index (κ1) is 12.9. The smallest absolute Gasteiger partial charge is 0.335 e. The number of anilines is 1. The molecule has 0 saturated heterocycles. The summed E-state index contributed by atoms with van der Waals surface area (Å²) in [5, 5.41) is 9.12. The number of rotatable bonds is 5. The minimum atomic E-state index is -0.888. The monoisotopic (exact) mass is 248 g/mol. The summed E-state index contributed by atoms with van der Waals surface area (Å²) in [6.45, 7) is 4.17. The fourth-order valence-electron chi connectivity index (χ4n) is 2.16. The van der Waals surface area contributed by atoms with Crippen LogP contribution >= 0.6 is 0 Å². The van der Waals surface area contributed by atoms with Crippen molar-refractivity contribution in [3.05, 3.63) is 23.4 Å². The molecule has 1 aliphatic rings. The summed E-state index contributed by atoms with van der Waals surface area (Å²) < 4.78 is 0. The summed E-state index contributed by atoms with van der Waals surface area (Å²) in [5.41, 5.74) is 1.16. The summed E-state index contributed by atoms with van der Waals surface area (Å²) in [6, 6.07) is 3.74. The molecule has 0 aliphatic heterocycles. The number of aromatic carboxylic acids is 1. The Kier molecular flexibility index (Phi) is 3.55. The first-order chi connectivity index (χ1) is 8.52. The number of carbonyl (C=O) groups is 1. The third kappa shape index (κ3) is 2.63. The van der Waals surface area contributed by atoms with Gasteiger partial charge in [0, 0.05) is 18.8 Å². The van der Waals surface area contributed by atoms with Gasteiger partial charge in [-0.15, -0.1) is 0 Å². The molecule has 1 saturated carbocycles. The Balaban J connectivity index is 2.30. The lowest BCUT2D eigenvalue weighted by molar-refractivity contribution is 0.0696. The zero-order valence-electron chi connectivity index (χ0n) is 11.2. The predicted molar refractivity (Wildman–Crippen MR) is 71.2 cm³/mol. The number of carboxylic acids is 1. The number of aryl methyl sites for hydroxylation is 1. The molecule has 0 radical (unpaired) electrons. The van der Waals surface area contributed by atoms with E-state index in [0.717, 1.165) is 23.9 Å². The number of pyridine rings is 1. The van der Waals surface area contributed by atoms with Crippen LogP contribution in [0.15, 0.2) is 12.1 Å². The minimum absolute atomic E-state index is 0.326. The molecule has 1 heterocycles. The van der Waals surface area contributed by atoms with Crippen molar-refractivity contribution in [3.63, 3.8) is 0 Å². The maximum atomic E-state index is 11.1. The highest BCUT2D eigenvalue weighted by Crippen LogP contribution is 2.36. The summed E-state index contributed by atoms with van der Waals surface area (Å²) in [4.78, 5) is 17.7. The summed E-state index contributed by atoms with van der Waals surface area (Å²) in [6.07, 6.45) is 3.29. The fraction of sp³-hybridized carbons (Fsp3) is 0.571. The summed E-state index contributed by atoms with van der Waals surface area (Å²) in [7, 11) is 2.00. The van der Waals surface area contributed by atoms with E-state index in [1.807, 2.05) is 14.0 Å². The highest BCUT2D eigenvalue weighted by molar-refractivity contribution is 5.88. The molecule has 0 aromatic carbocycles. The molecule has 1 aromatic heterocycles. The van der Waals surface area contributed by atoms with Crippen LogP contribution in [0.4, 0.5) is 5.82 Å². The van der Waals surface area contributed by atoms with Crippen molar-refractivity contribution in [3.8, 4) is 0 Å². The molecule has 4 nitrogen and oxygen atoms in total. The Bertz CT molecular complexity index is 455. The van der Waals surface area contributed by atoms with Crippen molar-refractivity contribution < 1.29 is 9.90 Å². The lowest BCUT2D eigenvalue weighted by Gasteiger charge is -2.26. The molecular weight excluding hydrogens is 228 g/mol. The van der Waals surface area contributed by atoms with Crippen molar-refractivity contribution in [1.29, 1.82) is 0 Å². The van der Waals surface area contributed by atoms with E-state index in [1.54, 1.807) is 12.1 Å². The molecule has 98 valence electrons. The molecule has 4 heteroatoms. The summed E-state index contributed by atoms with van der Waals surface area (Å²) in [5.74, 6) is 0.613. The van der Waals surface area contributed by atoms with Crippen molar-refractivity contribution in [2.45, 2.75) is 39.2 Å². The SMILES string of the molecule is CCc1cc(C(=O)O)cc(N(C)C(C)C2CC2)n1. The molecule has 18 heavy (non-hydrogen) atoms. The van der Waals surface area contributed by atoms with Crippen LogP contribution in [0, 0.1) is 5.92 Å². The van der Waals surface area contributed by atoms with E-state index in [-0.39, 0.29) is 0 Å². The maximum Gasteiger partial charge on any atom is 0.335 e. The largest absolute Gasteiger partial charge is 0.478 e.